The van der Waals surface area contributed by atoms with E-state index in [0.29, 0.717) is 37.1 Å². The van der Waals surface area contributed by atoms with Gasteiger partial charge in [0.2, 0.25) is 17.8 Å². The molecule has 1 saturated heterocycles. The van der Waals surface area contributed by atoms with E-state index in [1.807, 2.05) is 12.1 Å². The number of anilines is 2. The highest BCUT2D eigenvalue weighted by Crippen LogP contribution is 2.39. The minimum Gasteiger partial charge on any atom is -0.379 e. The van der Waals surface area contributed by atoms with Crippen molar-refractivity contribution >= 4 is 23.5 Å². The van der Waals surface area contributed by atoms with Gasteiger partial charge in [-0.15, -0.1) is 0 Å². The summed E-state index contributed by atoms with van der Waals surface area (Å²) < 4.78 is 20.3. The highest BCUT2D eigenvalue weighted by Gasteiger charge is 2.26. The molecule has 10 heteroatoms. The highest BCUT2D eigenvalue weighted by atomic mass is 19.1. The SMILES string of the molecule is CC(C(=O)Nc1cc(C2CC2)[nH]n1)c1cccc(-c2ccc(NC(=O)/C=C/CN3CCOCC3)nc2F)c1. The standard InChI is InChI=1S/C28H31FN6O3/c1-18(28(37)32-25-17-23(33-34-25)19-7-8-19)20-4-2-5-21(16-20)22-9-10-24(31-27(22)29)30-26(36)6-3-11-35-12-14-38-15-13-35/h2-6,9-10,16-19H,7-8,11-15H2,1H3,(H,30,31,36)(H2,32,33,34,37)/b6-3+. The summed E-state index contributed by atoms with van der Waals surface area (Å²) in [6.07, 6.45) is 5.48. The Morgan fingerprint density at radius 2 is 1.97 bits per heavy atom. The van der Waals surface area contributed by atoms with E-state index in [9.17, 15) is 14.0 Å². The molecular weight excluding hydrogens is 487 g/mol. The van der Waals surface area contributed by atoms with Crippen molar-refractivity contribution in [2.75, 3.05) is 43.5 Å². The van der Waals surface area contributed by atoms with Gasteiger partial charge >= 0.3 is 0 Å². The van der Waals surface area contributed by atoms with Crippen LogP contribution < -0.4 is 10.6 Å². The largest absolute Gasteiger partial charge is 0.379 e. The molecule has 198 valence electrons. The van der Waals surface area contributed by atoms with Gasteiger partial charge in [0.25, 0.3) is 0 Å². The second-order valence-electron chi connectivity index (χ2n) is 9.66. The first-order valence-electron chi connectivity index (χ1n) is 12.9. The summed E-state index contributed by atoms with van der Waals surface area (Å²) in [5.74, 6) is -0.615. The Morgan fingerprint density at radius 3 is 2.74 bits per heavy atom. The maximum absolute atomic E-state index is 14.9. The number of carbonyl (C=O) groups is 2. The number of hydrogen-bond acceptors (Lipinski definition) is 6. The summed E-state index contributed by atoms with van der Waals surface area (Å²) in [5, 5.41) is 12.6. The molecule has 2 aliphatic rings. The molecule has 3 heterocycles. The Labute approximate surface area is 220 Å². The van der Waals surface area contributed by atoms with Crippen molar-refractivity contribution in [2.24, 2.45) is 0 Å². The Hall–Kier alpha value is -3.89. The highest BCUT2D eigenvalue weighted by molar-refractivity contribution is 5.98. The van der Waals surface area contributed by atoms with E-state index < -0.39 is 11.9 Å². The number of H-pyrrole nitrogens is 1. The number of rotatable bonds is 9. The van der Waals surface area contributed by atoms with E-state index in [-0.39, 0.29) is 23.2 Å². The molecule has 0 spiro atoms. The lowest BCUT2D eigenvalue weighted by molar-refractivity contribution is -0.117. The third kappa shape index (κ3) is 6.51. The molecule has 0 radical (unpaired) electrons. The van der Waals surface area contributed by atoms with E-state index in [0.717, 1.165) is 37.2 Å². The molecule has 38 heavy (non-hydrogen) atoms. The molecule has 1 atom stereocenters. The number of aromatic nitrogens is 3. The number of ether oxygens (including phenoxy) is 1. The van der Waals surface area contributed by atoms with E-state index in [4.69, 9.17) is 4.74 Å². The Morgan fingerprint density at radius 1 is 1.16 bits per heavy atom. The summed E-state index contributed by atoms with van der Waals surface area (Å²) in [5.41, 5.74) is 2.65. The predicted molar refractivity (Wildman–Crippen MR) is 142 cm³/mol. The number of nitrogens with one attached hydrogen (secondary N) is 3. The number of aromatic amines is 1. The molecule has 5 rings (SSSR count). The van der Waals surface area contributed by atoms with Gasteiger partial charge in [-0.3, -0.25) is 19.6 Å². The predicted octanol–water partition coefficient (Wildman–Crippen LogP) is 4.06. The van der Waals surface area contributed by atoms with Crippen LogP contribution in [0, 0.1) is 5.95 Å². The molecule has 2 aromatic heterocycles. The number of morpholine rings is 1. The monoisotopic (exact) mass is 518 g/mol. The maximum Gasteiger partial charge on any atom is 0.249 e. The van der Waals surface area contributed by atoms with Gasteiger partial charge in [0, 0.05) is 49.0 Å². The number of carbonyl (C=O) groups excluding carboxylic acids is 2. The summed E-state index contributed by atoms with van der Waals surface area (Å²) in [6, 6.07) is 12.2. The first kappa shape index (κ1) is 25.7. The number of nitrogens with zero attached hydrogens (tertiary/aromatic N) is 3. The number of halogens is 1. The van der Waals surface area contributed by atoms with Gasteiger partial charge in [0.1, 0.15) is 5.82 Å². The van der Waals surface area contributed by atoms with Gasteiger partial charge < -0.3 is 15.4 Å². The topological polar surface area (TPSA) is 112 Å². The lowest BCUT2D eigenvalue weighted by Crippen LogP contribution is -2.36. The van der Waals surface area contributed by atoms with Crippen molar-refractivity contribution < 1.29 is 18.7 Å². The number of amides is 2. The zero-order valence-electron chi connectivity index (χ0n) is 21.2. The van der Waals surface area contributed by atoms with E-state index in [2.05, 4.69) is 30.7 Å². The second kappa shape index (κ2) is 11.7. The second-order valence-corrected chi connectivity index (χ2v) is 9.66. The fraction of sp³-hybridized carbons (Fsp3) is 0.357. The van der Waals surface area contributed by atoms with Crippen LogP contribution in [0.3, 0.4) is 0 Å². The van der Waals surface area contributed by atoms with Gasteiger partial charge in [0.05, 0.1) is 19.1 Å². The fourth-order valence-corrected chi connectivity index (χ4v) is 4.35. The maximum atomic E-state index is 14.9. The van der Waals surface area contributed by atoms with Gasteiger partial charge in [-0.25, -0.2) is 4.98 Å². The lowest BCUT2D eigenvalue weighted by atomic mass is 9.96. The molecule has 1 unspecified atom stereocenters. The quantitative estimate of drug-likeness (QED) is 0.291. The average Bonchev–Trinajstić information content (AvgIpc) is 3.67. The first-order valence-corrected chi connectivity index (χ1v) is 12.9. The molecular formula is C28H31FN6O3. The van der Waals surface area contributed by atoms with Crippen LogP contribution in [0.15, 0.2) is 54.6 Å². The molecule has 1 aliphatic heterocycles. The summed E-state index contributed by atoms with van der Waals surface area (Å²) in [6.45, 7) is 5.48. The molecule has 1 aromatic carbocycles. The number of hydrogen-bond donors (Lipinski definition) is 3. The Kier molecular flexibility index (Phi) is 7.90. The Bertz CT molecular complexity index is 1330. The summed E-state index contributed by atoms with van der Waals surface area (Å²) in [7, 11) is 0. The van der Waals surface area contributed by atoms with Crippen LogP contribution in [0.4, 0.5) is 16.0 Å². The van der Waals surface area contributed by atoms with Gasteiger partial charge in [-0.1, -0.05) is 30.3 Å². The summed E-state index contributed by atoms with van der Waals surface area (Å²) >= 11 is 0. The zero-order chi connectivity index (χ0) is 26.5. The van der Waals surface area contributed by atoms with Gasteiger partial charge in [-0.05, 0) is 43.0 Å². The van der Waals surface area contributed by atoms with Crippen LogP contribution >= 0.6 is 0 Å². The van der Waals surface area contributed by atoms with Crippen molar-refractivity contribution in [1.29, 1.82) is 0 Å². The minimum absolute atomic E-state index is 0.126. The molecule has 9 nitrogen and oxygen atoms in total. The van der Waals surface area contributed by atoms with Crippen LogP contribution in [-0.4, -0.2) is 64.7 Å². The minimum atomic E-state index is -0.710. The van der Waals surface area contributed by atoms with Crippen LogP contribution in [-0.2, 0) is 14.3 Å². The zero-order valence-corrected chi connectivity index (χ0v) is 21.2. The smallest absolute Gasteiger partial charge is 0.249 e. The van der Waals surface area contributed by atoms with Gasteiger partial charge in [0.15, 0.2) is 5.82 Å². The number of benzene rings is 1. The van der Waals surface area contributed by atoms with Crippen molar-refractivity contribution in [2.45, 2.75) is 31.6 Å². The normalized spacial score (nSPS) is 16.9. The van der Waals surface area contributed by atoms with Crippen LogP contribution in [0.25, 0.3) is 11.1 Å². The van der Waals surface area contributed by atoms with Crippen molar-refractivity contribution in [1.82, 2.24) is 20.1 Å². The van der Waals surface area contributed by atoms with Crippen LogP contribution in [0.5, 0.6) is 0 Å². The lowest BCUT2D eigenvalue weighted by Gasteiger charge is -2.24. The summed E-state index contributed by atoms with van der Waals surface area (Å²) in [4.78, 5) is 31.2. The van der Waals surface area contributed by atoms with Crippen molar-refractivity contribution in [3.8, 4) is 11.1 Å². The third-order valence-corrected chi connectivity index (χ3v) is 6.79. The Balaban J connectivity index is 1.20. The molecule has 2 amide bonds. The average molecular weight is 519 g/mol. The molecule has 1 aliphatic carbocycles. The molecule has 3 N–H and O–H groups in total. The van der Waals surface area contributed by atoms with E-state index in [1.54, 1.807) is 43.3 Å². The number of pyridine rings is 1. The van der Waals surface area contributed by atoms with Crippen LogP contribution in [0.1, 0.15) is 42.9 Å². The van der Waals surface area contributed by atoms with Crippen molar-refractivity contribution in [3.05, 3.63) is 71.8 Å². The first-order chi connectivity index (χ1) is 18.5. The fourth-order valence-electron chi connectivity index (χ4n) is 4.35. The van der Waals surface area contributed by atoms with E-state index in [1.165, 1.54) is 6.08 Å². The third-order valence-electron chi connectivity index (χ3n) is 6.79. The van der Waals surface area contributed by atoms with Crippen molar-refractivity contribution in [3.63, 3.8) is 0 Å². The van der Waals surface area contributed by atoms with E-state index >= 15 is 0 Å². The van der Waals surface area contributed by atoms with Crippen LogP contribution in [0.2, 0.25) is 0 Å². The molecule has 1 saturated carbocycles. The molecule has 2 fully saturated rings. The molecule has 0 bridgehead atoms. The van der Waals surface area contributed by atoms with Gasteiger partial charge in [-0.2, -0.15) is 9.49 Å². The molecule has 3 aromatic rings.